The van der Waals surface area contributed by atoms with E-state index in [4.69, 9.17) is 9.84 Å². The van der Waals surface area contributed by atoms with E-state index >= 15 is 0 Å². The highest BCUT2D eigenvalue weighted by Crippen LogP contribution is 2.47. The third-order valence-corrected chi connectivity index (χ3v) is 6.84. The Morgan fingerprint density at radius 1 is 1.32 bits per heavy atom. The molecule has 0 aromatic carbocycles. The smallest absolute Gasteiger partial charge is 0.305 e. The van der Waals surface area contributed by atoms with Gasteiger partial charge in [-0.05, 0) is 43.6 Å². The molecule has 0 aliphatic carbocycles. The molecule has 7 nitrogen and oxygen atoms in total. The number of pyridine rings is 1. The lowest BCUT2D eigenvalue weighted by Crippen LogP contribution is -2.36. The molecule has 0 bridgehead atoms. The normalized spacial score (nSPS) is 26.4. The van der Waals surface area contributed by atoms with E-state index in [1.165, 1.54) is 0 Å². The number of aromatic carboxylic acids is 1. The van der Waals surface area contributed by atoms with Crippen LogP contribution in [0.25, 0.3) is 0 Å². The van der Waals surface area contributed by atoms with E-state index in [-0.39, 0.29) is 35.8 Å². The SMILES string of the molecule is CCC(CC1(C)CC(CC)C(C(CC)c2cc[n+](C)cc2C(=O)[O-])O1)C(O)CC(=O)O. The third kappa shape index (κ3) is 6.04. The van der Waals surface area contributed by atoms with Crippen molar-refractivity contribution in [2.75, 3.05) is 0 Å². The zero-order valence-corrected chi connectivity index (χ0v) is 19.3. The number of aromatic nitrogens is 1. The zero-order chi connectivity index (χ0) is 23.3. The molecular formula is C24H37NO6. The molecule has 174 valence electrons. The lowest BCUT2D eigenvalue weighted by Gasteiger charge is -2.33. The quantitative estimate of drug-likeness (QED) is 0.516. The van der Waals surface area contributed by atoms with Crippen LogP contribution in [0.3, 0.4) is 0 Å². The summed E-state index contributed by atoms with van der Waals surface area (Å²) in [5.41, 5.74) is 0.415. The van der Waals surface area contributed by atoms with Gasteiger partial charge in [0.1, 0.15) is 7.05 Å². The van der Waals surface area contributed by atoms with Crippen molar-refractivity contribution in [3.63, 3.8) is 0 Å². The zero-order valence-electron chi connectivity index (χ0n) is 19.3. The van der Waals surface area contributed by atoms with Crippen molar-refractivity contribution in [3.8, 4) is 0 Å². The first-order valence-corrected chi connectivity index (χ1v) is 11.3. The molecule has 2 heterocycles. The van der Waals surface area contributed by atoms with Gasteiger partial charge in [-0.1, -0.05) is 33.6 Å². The third-order valence-electron chi connectivity index (χ3n) is 6.84. The monoisotopic (exact) mass is 435 g/mol. The summed E-state index contributed by atoms with van der Waals surface area (Å²) in [6, 6.07) is 1.84. The van der Waals surface area contributed by atoms with Crippen LogP contribution in [0.15, 0.2) is 18.5 Å². The summed E-state index contributed by atoms with van der Waals surface area (Å²) in [4.78, 5) is 22.8. The van der Waals surface area contributed by atoms with Crippen molar-refractivity contribution in [1.82, 2.24) is 0 Å². The molecule has 7 heteroatoms. The van der Waals surface area contributed by atoms with Gasteiger partial charge in [-0.2, -0.15) is 0 Å². The second-order valence-electron chi connectivity index (χ2n) is 9.22. The van der Waals surface area contributed by atoms with Crippen LogP contribution in [-0.4, -0.2) is 40.0 Å². The molecular weight excluding hydrogens is 398 g/mol. The first kappa shape index (κ1) is 25.3. The molecule has 1 aliphatic heterocycles. The average molecular weight is 436 g/mol. The van der Waals surface area contributed by atoms with Gasteiger partial charge in [-0.15, -0.1) is 0 Å². The van der Waals surface area contributed by atoms with Crippen LogP contribution >= 0.6 is 0 Å². The van der Waals surface area contributed by atoms with Gasteiger partial charge in [0, 0.05) is 12.0 Å². The molecule has 0 spiro atoms. The number of carboxylic acids is 2. The van der Waals surface area contributed by atoms with Gasteiger partial charge in [-0.3, -0.25) is 4.79 Å². The van der Waals surface area contributed by atoms with Crippen LogP contribution in [0, 0.1) is 11.8 Å². The first-order chi connectivity index (χ1) is 14.5. The molecule has 2 N–H and O–H groups in total. The van der Waals surface area contributed by atoms with E-state index in [0.717, 1.165) is 24.8 Å². The van der Waals surface area contributed by atoms with Gasteiger partial charge in [0.15, 0.2) is 12.4 Å². The fourth-order valence-corrected chi connectivity index (χ4v) is 5.25. The Hall–Kier alpha value is -1.99. The Morgan fingerprint density at radius 3 is 2.52 bits per heavy atom. The maximum absolute atomic E-state index is 11.8. The van der Waals surface area contributed by atoms with Gasteiger partial charge in [0.25, 0.3) is 0 Å². The van der Waals surface area contributed by atoms with Crippen LogP contribution in [0.5, 0.6) is 0 Å². The molecule has 0 saturated carbocycles. The van der Waals surface area contributed by atoms with Gasteiger partial charge < -0.3 is 24.9 Å². The predicted molar refractivity (Wildman–Crippen MR) is 113 cm³/mol. The average Bonchev–Trinajstić information content (AvgIpc) is 3.03. The fraction of sp³-hybridized carbons (Fsp3) is 0.708. The van der Waals surface area contributed by atoms with E-state index in [0.29, 0.717) is 12.8 Å². The fourth-order valence-electron chi connectivity index (χ4n) is 5.25. The van der Waals surface area contributed by atoms with Crippen LogP contribution in [0.1, 0.15) is 88.1 Å². The number of rotatable bonds is 11. The highest BCUT2D eigenvalue weighted by Gasteiger charge is 2.47. The van der Waals surface area contributed by atoms with E-state index in [2.05, 4.69) is 6.92 Å². The summed E-state index contributed by atoms with van der Waals surface area (Å²) in [6.07, 6.45) is 5.73. The first-order valence-electron chi connectivity index (χ1n) is 11.3. The van der Waals surface area contributed by atoms with Gasteiger partial charge in [0.2, 0.25) is 0 Å². The van der Waals surface area contributed by atoms with Crippen molar-refractivity contribution >= 4 is 11.9 Å². The Balaban J connectivity index is 2.31. The largest absolute Gasteiger partial charge is 0.545 e. The maximum atomic E-state index is 11.8. The molecule has 6 atom stereocenters. The van der Waals surface area contributed by atoms with Crippen molar-refractivity contribution < 1.29 is 34.2 Å². The number of carbonyl (C=O) groups excluding carboxylic acids is 1. The molecule has 0 radical (unpaired) electrons. The lowest BCUT2D eigenvalue weighted by molar-refractivity contribution is -0.671. The van der Waals surface area contributed by atoms with Crippen LogP contribution in [-0.2, 0) is 16.6 Å². The molecule has 0 amide bonds. The summed E-state index contributed by atoms with van der Waals surface area (Å²) in [6.45, 7) is 8.13. The molecule has 6 unspecified atom stereocenters. The van der Waals surface area contributed by atoms with Gasteiger partial charge in [0.05, 0.1) is 35.8 Å². The molecule has 1 aromatic heterocycles. The van der Waals surface area contributed by atoms with E-state index in [1.54, 1.807) is 17.8 Å². The number of aliphatic hydroxyl groups is 1. The van der Waals surface area contributed by atoms with Crippen LogP contribution in [0.2, 0.25) is 0 Å². The highest BCUT2D eigenvalue weighted by molar-refractivity contribution is 5.87. The van der Waals surface area contributed by atoms with Crippen LogP contribution in [0.4, 0.5) is 0 Å². The highest BCUT2D eigenvalue weighted by atomic mass is 16.5. The standard InChI is InChI=1S/C24H37NO6/c1-6-15(20(26)11-21(27)28)12-24(4)13-16(7-2)22(31-24)17(8-3)18-9-10-25(5)14-19(18)23(29)30/h9-10,14-17,20,22,26H,6-8,11-13H2,1-5H3,(H-,27,28,29,30). The second kappa shape index (κ2) is 10.6. The Kier molecular flexibility index (Phi) is 8.60. The molecule has 1 aromatic rings. The number of carbonyl (C=O) groups is 2. The minimum Gasteiger partial charge on any atom is -0.545 e. The van der Waals surface area contributed by atoms with Crippen molar-refractivity contribution in [1.29, 1.82) is 0 Å². The van der Waals surface area contributed by atoms with Crippen molar-refractivity contribution in [2.45, 2.75) is 89.9 Å². The summed E-state index contributed by atoms with van der Waals surface area (Å²) < 4.78 is 8.34. The molecule has 1 saturated heterocycles. The molecule has 1 aliphatic rings. The second-order valence-corrected chi connectivity index (χ2v) is 9.22. The molecule has 31 heavy (non-hydrogen) atoms. The number of aliphatic carboxylic acids is 1. The van der Waals surface area contributed by atoms with Gasteiger partial charge >= 0.3 is 5.97 Å². The summed E-state index contributed by atoms with van der Waals surface area (Å²) in [5.74, 6) is -2.23. The summed E-state index contributed by atoms with van der Waals surface area (Å²) in [7, 11) is 1.78. The number of aliphatic hydroxyl groups excluding tert-OH is 1. The number of hydrogen-bond donors (Lipinski definition) is 2. The number of carboxylic acid groups (broad SMARTS) is 2. The Bertz CT molecular complexity index is 781. The number of hydrogen-bond acceptors (Lipinski definition) is 5. The summed E-state index contributed by atoms with van der Waals surface area (Å²) in [5, 5.41) is 31.2. The van der Waals surface area contributed by atoms with Crippen molar-refractivity contribution in [3.05, 3.63) is 29.6 Å². The number of nitrogens with zero attached hydrogens (tertiary/aromatic N) is 1. The topological polar surface area (TPSA) is 111 Å². The molecule has 1 fully saturated rings. The van der Waals surface area contributed by atoms with E-state index < -0.39 is 23.6 Å². The lowest BCUT2D eigenvalue weighted by atomic mass is 9.78. The Morgan fingerprint density at radius 2 is 2.00 bits per heavy atom. The van der Waals surface area contributed by atoms with Crippen LogP contribution < -0.4 is 9.67 Å². The van der Waals surface area contributed by atoms with E-state index in [9.17, 15) is 19.8 Å². The Labute approximate surface area is 185 Å². The number of aryl methyl sites for hydroxylation is 1. The van der Waals surface area contributed by atoms with E-state index in [1.807, 2.05) is 33.0 Å². The van der Waals surface area contributed by atoms with Crippen molar-refractivity contribution in [2.24, 2.45) is 18.9 Å². The predicted octanol–water partition coefficient (Wildman–Crippen LogP) is 2.19. The minimum atomic E-state index is -1.19. The summed E-state index contributed by atoms with van der Waals surface area (Å²) >= 11 is 0. The molecule has 2 rings (SSSR count). The maximum Gasteiger partial charge on any atom is 0.305 e. The van der Waals surface area contributed by atoms with Gasteiger partial charge in [-0.25, -0.2) is 4.57 Å². The number of ether oxygens (including phenoxy) is 1. The minimum absolute atomic E-state index is 0.0927.